The van der Waals surface area contributed by atoms with Crippen LogP contribution in [-0.2, 0) is 11.8 Å². The molecule has 0 aromatic carbocycles. The van der Waals surface area contributed by atoms with Crippen LogP contribution in [-0.4, -0.2) is 34.4 Å². The minimum absolute atomic E-state index is 0.00252. The number of amides is 1. The van der Waals surface area contributed by atoms with Crippen molar-refractivity contribution >= 4 is 5.91 Å². The normalized spacial score (nSPS) is 37.7. The van der Waals surface area contributed by atoms with Gasteiger partial charge in [-0.2, -0.15) is 5.10 Å². The molecule has 6 heteroatoms. The van der Waals surface area contributed by atoms with Crippen LogP contribution in [0, 0.1) is 16.7 Å². The van der Waals surface area contributed by atoms with E-state index in [-0.39, 0.29) is 22.8 Å². The van der Waals surface area contributed by atoms with Crippen LogP contribution in [0.2, 0.25) is 0 Å². The third-order valence-corrected chi connectivity index (χ3v) is 6.56. The minimum Gasteiger partial charge on any atom is -0.373 e. The number of carbonyl (C=O) groups excluding carboxylic acids is 1. The van der Waals surface area contributed by atoms with E-state index < -0.39 is 0 Å². The molecular weight excluding hydrogens is 330 g/mol. The van der Waals surface area contributed by atoms with E-state index in [9.17, 15) is 9.59 Å². The lowest BCUT2D eigenvalue weighted by molar-refractivity contribution is -0.213. The highest BCUT2D eigenvalue weighted by Gasteiger charge is 2.60. The number of aromatic nitrogens is 2. The van der Waals surface area contributed by atoms with Gasteiger partial charge in [0.1, 0.15) is 5.69 Å². The third kappa shape index (κ3) is 3.20. The van der Waals surface area contributed by atoms with Gasteiger partial charge in [0.2, 0.25) is 0 Å². The van der Waals surface area contributed by atoms with Gasteiger partial charge in [0.05, 0.1) is 12.2 Å². The fourth-order valence-corrected chi connectivity index (χ4v) is 6.65. The molecule has 1 aromatic rings. The lowest BCUT2D eigenvalue weighted by atomic mass is 9.43. The molecule has 5 rings (SSSR count). The fourth-order valence-electron chi connectivity index (χ4n) is 6.65. The molecule has 4 aliphatic rings. The number of aryl methyl sites for hydroxylation is 1. The van der Waals surface area contributed by atoms with Gasteiger partial charge in [0.25, 0.3) is 11.5 Å². The van der Waals surface area contributed by atoms with Crippen molar-refractivity contribution in [3.63, 3.8) is 0 Å². The van der Waals surface area contributed by atoms with Crippen LogP contribution in [0.5, 0.6) is 0 Å². The summed E-state index contributed by atoms with van der Waals surface area (Å²) in [5.41, 5.74) is 0.880. The molecule has 1 aromatic heterocycles. The second kappa shape index (κ2) is 5.91. The molecular formula is C20H29N3O3. The summed E-state index contributed by atoms with van der Waals surface area (Å²) < 4.78 is 7.58. The molecule has 2 atom stereocenters. The van der Waals surface area contributed by atoms with Gasteiger partial charge < -0.3 is 10.1 Å². The quantitative estimate of drug-likeness (QED) is 0.819. The van der Waals surface area contributed by atoms with Gasteiger partial charge in [0.15, 0.2) is 0 Å². The summed E-state index contributed by atoms with van der Waals surface area (Å²) in [7, 11) is 1.54. The van der Waals surface area contributed by atoms with Gasteiger partial charge >= 0.3 is 0 Å². The zero-order valence-corrected chi connectivity index (χ0v) is 16.0. The Hall–Kier alpha value is -1.69. The smallest absolute Gasteiger partial charge is 0.271 e. The maximum atomic E-state index is 12.2. The van der Waals surface area contributed by atoms with Crippen molar-refractivity contribution in [2.75, 3.05) is 13.2 Å². The number of nitrogens with zero attached hydrogens (tertiary/aromatic N) is 2. The summed E-state index contributed by atoms with van der Waals surface area (Å²) >= 11 is 0. The monoisotopic (exact) mass is 359 g/mol. The Morgan fingerprint density at radius 2 is 1.92 bits per heavy atom. The molecule has 0 aliphatic heterocycles. The van der Waals surface area contributed by atoms with Crippen LogP contribution in [0.15, 0.2) is 16.9 Å². The lowest BCUT2D eigenvalue weighted by Crippen LogP contribution is -2.59. The van der Waals surface area contributed by atoms with Crippen LogP contribution in [0.25, 0.3) is 0 Å². The highest BCUT2D eigenvalue weighted by molar-refractivity contribution is 5.91. The number of rotatable bonds is 5. The molecule has 26 heavy (non-hydrogen) atoms. The van der Waals surface area contributed by atoms with Gasteiger partial charge in [0, 0.05) is 19.7 Å². The molecule has 1 amide bonds. The summed E-state index contributed by atoms with van der Waals surface area (Å²) in [5.74, 6) is 0.527. The summed E-state index contributed by atoms with van der Waals surface area (Å²) in [5, 5.41) is 6.83. The maximum absolute atomic E-state index is 12.2. The molecule has 0 saturated heterocycles. The third-order valence-electron chi connectivity index (χ3n) is 6.56. The summed E-state index contributed by atoms with van der Waals surface area (Å²) in [6.45, 7) is 5.85. The molecule has 0 radical (unpaired) electrons. The van der Waals surface area contributed by atoms with Crippen LogP contribution >= 0.6 is 0 Å². The molecule has 1 heterocycles. The molecule has 4 saturated carbocycles. The summed E-state index contributed by atoms with van der Waals surface area (Å²) in [6.07, 6.45) is 7.52. The number of nitrogens with one attached hydrogen (secondary N) is 1. The minimum atomic E-state index is -0.270. The molecule has 142 valence electrons. The fraction of sp³-hybridized carbons (Fsp3) is 0.750. The molecule has 1 N–H and O–H groups in total. The first-order valence-electron chi connectivity index (χ1n) is 9.67. The van der Waals surface area contributed by atoms with Gasteiger partial charge in [-0.1, -0.05) is 13.8 Å². The van der Waals surface area contributed by atoms with Crippen LogP contribution in [0.3, 0.4) is 0 Å². The molecule has 4 fully saturated rings. The van der Waals surface area contributed by atoms with E-state index in [1.54, 1.807) is 0 Å². The Bertz CT molecular complexity index is 769. The summed E-state index contributed by atoms with van der Waals surface area (Å²) in [6, 6.07) is 2.81. The molecule has 4 aliphatic carbocycles. The van der Waals surface area contributed by atoms with E-state index in [1.807, 2.05) is 0 Å². The first-order chi connectivity index (χ1) is 12.2. The molecule has 0 unspecified atom stereocenters. The molecule has 4 bridgehead atoms. The second-order valence-electron chi connectivity index (χ2n) is 9.60. The largest absolute Gasteiger partial charge is 0.373 e. The lowest BCUT2D eigenvalue weighted by Gasteiger charge is -2.65. The average Bonchev–Trinajstić information content (AvgIpc) is 2.50. The Labute approximate surface area is 154 Å². The predicted octanol–water partition coefficient (Wildman–Crippen LogP) is 2.28. The Morgan fingerprint density at radius 3 is 2.54 bits per heavy atom. The summed E-state index contributed by atoms with van der Waals surface area (Å²) in [4.78, 5) is 23.5. The van der Waals surface area contributed by atoms with Crippen molar-refractivity contribution in [2.24, 2.45) is 23.8 Å². The van der Waals surface area contributed by atoms with Crippen molar-refractivity contribution in [2.45, 2.75) is 58.0 Å². The van der Waals surface area contributed by atoms with E-state index in [0.717, 1.165) is 18.8 Å². The predicted molar refractivity (Wildman–Crippen MR) is 97.9 cm³/mol. The number of hydrogen-bond acceptors (Lipinski definition) is 4. The Kier molecular flexibility index (Phi) is 4.03. The number of hydrogen-bond donors (Lipinski definition) is 1. The molecule has 6 nitrogen and oxygen atoms in total. The maximum Gasteiger partial charge on any atom is 0.271 e. The van der Waals surface area contributed by atoms with E-state index in [1.165, 1.54) is 49.5 Å². The van der Waals surface area contributed by atoms with E-state index in [0.29, 0.717) is 24.0 Å². The van der Waals surface area contributed by atoms with Crippen molar-refractivity contribution in [3.05, 3.63) is 28.2 Å². The van der Waals surface area contributed by atoms with Crippen LogP contribution in [0.1, 0.15) is 62.9 Å². The van der Waals surface area contributed by atoms with Crippen molar-refractivity contribution in [3.8, 4) is 0 Å². The van der Waals surface area contributed by atoms with E-state index >= 15 is 0 Å². The van der Waals surface area contributed by atoms with Gasteiger partial charge in [-0.15, -0.1) is 0 Å². The molecule has 0 spiro atoms. The first-order valence-corrected chi connectivity index (χ1v) is 9.67. The number of ether oxygens (including phenoxy) is 1. The van der Waals surface area contributed by atoms with E-state index in [2.05, 4.69) is 24.3 Å². The Morgan fingerprint density at radius 1 is 1.23 bits per heavy atom. The van der Waals surface area contributed by atoms with Crippen LogP contribution < -0.4 is 10.9 Å². The highest BCUT2D eigenvalue weighted by atomic mass is 16.5. The first kappa shape index (κ1) is 17.7. The highest BCUT2D eigenvalue weighted by Crippen LogP contribution is 2.67. The van der Waals surface area contributed by atoms with Gasteiger partial charge in [-0.25, -0.2) is 4.68 Å². The average molecular weight is 359 g/mol. The Balaban J connectivity index is 1.33. The zero-order chi connectivity index (χ0) is 18.6. The van der Waals surface area contributed by atoms with Crippen molar-refractivity contribution in [1.82, 2.24) is 15.1 Å². The van der Waals surface area contributed by atoms with E-state index in [4.69, 9.17) is 4.74 Å². The van der Waals surface area contributed by atoms with Crippen molar-refractivity contribution in [1.29, 1.82) is 0 Å². The SMILES string of the molecule is Cn1nc(C(=O)NCCOC23CC4C[C@@](C)(C2)C[C@@](C)(C4)C3)ccc1=O. The topological polar surface area (TPSA) is 73.2 Å². The van der Waals surface area contributed by atoms with Gasteiger partial charge in [-0.3, -0.25) is 9.59 Å². The number of carbonyl (C=O) groups is 1. The van der Waals surface area contributed by atoms with Crippen molar-refractivity contribution < 1.29 is 9.53 Å². The van der Waals surface area contributed by atoms with Crippen LogP contribution in [0.4, 0.5) is 0 Å². The standard InChI is InChI=1S/C20H29N3O3/c1-18-8-14-9-19(2,11-18)13-20(10-14,12-18)26-7-6-21-17(25)15-4-5-16(24)23(3)22-15/h4-5,14H,6-13H2,1-3H3,(H,21,25)/t14?,18-,19-,20?/m1/s1. The van der Waals surface area contributed by atoms with Gasteiger partial charge in [-0.05, 0) is 61.3 Å². The zero-order valence-electron chi connectivity index (χ0n) is 16.0. The second-order valence-corrected chi connectivity index (χ2v) is 9.60.